The molecule has 2 N–H and O–H groups in total. The second-order valence-electron chi connectivity index (χ2n) is 8.84. The number of aliphatic imine (C=N–C) groups is 1. The zero-order valence-corrected chi connectivity index (χ0v) is 22.0. The molecule has 0 spiro atoms. The summed E-state index contributed by atoms with van der Waals surface area (Å²) in [6.07, 6.45) is 3.77. The van der Waals surface area contributed by atoms with Gasteiger partial charge in [0.15, 0.2) is 5.96 Å². The average Bonchev–Trinajstić information content (AvgIpc) is 3.42. The van der Waals surface area contributed by atoms with Crippen LogP contribution in [0.4, 0.5) is 0 Å². The Hall–Kier alpha value is -1.06. The molecule has 1 aromatic rings. The monoisotopic (exact) mass is 544 g/mol. The maximum Gasteiger partial charge on any atom is 0.191 e. The van der Waals surface area contributed by atoms with Gasteiger partial charge < -0.3 is 20.1 Å². The quantitative estimate of drug-likeness (QED) is 0.251. The van der Waals surface area contributed by atoms with Crippen LogP contribution in [0.25, 0.3) is 0 Å². The zero-order chi connectivity index (χ0) is 21.3. The highest BCUT2D eigenvalue weighted by Gasteiger charge is 2.30. The van der Waals surface area contributed by atoms with E-state index < -0.39 is 0 Å². The lowest BCUT2D eigenvalue weighted by Crippen LogP contribution is -2.43. The Kier molecular flexibility index (Phi) is 11.4. The lowest BCUT2D eigenvalue weighted by Gasteiger charge is -2.26. The summed E-state index contributed by atoms with van der Waals surface area (Å²) in [5.41, 5.74) is 2.33. The number of guanidine groups is 1. The Morgan fingerprint density at radius 3 is 2.71 bits per heavy atom. The van der Waals surface area contributed by atoms with Gasteiger partial charge in [0.05, 0.1) is 19.8 Å². The second kappa shape index (κ2) is 13.5. The van der Waals surface area contributed by atoms with E-state index in [0.29, 0.717) is 25.1 Å². The predicted octanol–water partition coefficient (Wildman–Crippen LogP) is 3.96. The van der Waals surface area contributed by atoms with Crippen molar-refractivity contribution in [1.29, 1.82) is 0 Å². The van der Waals surface area contributed by atoms with Gasteiger partial charge in [0.25, 0.3) is 0 Å². The molecule has 1 unspecified atom stereocenters. The van der Waals surface area contributed by atoms with Gasteiger partial charge in [-0.25, -0.2) is 4.99 Å². The first kappa shape index (κ1) is 26.2. The van der Waals surface area contributed by atoms with Crippen molar-refractivity contribution in [2.75, 3.05) is 39.5 Å². The highest BCUT2D eigenvalue weighted by molar-refractivity contribution is 14.0. The van der Waals surface area contributed by atoms with Crippen LogP contribution in [-0.4, -0.2) is 62.4 Å². The summed E-state index contributed by atoms with van der Waals surface area (Å²) in [7, 11) is 0. The number of hydrogen-bond donors (Lipinski definition) is 2. The Bertz CT molecular complexity index is 686. The van der Waals surface area contributed by atoms with E-state index in [9.17, 15) is 0 Å². The molecule has 0 amide bonds. The van der Waals surface area contributed by atoms with Crippen molar-refractivity contribution in [3.8, 4) is 5.75 Å². The van der Waals surface area contributed by atoms with Crippen molar-refractivity contribution >= 4 is 29.9 Å². The lowest BCUT2D eigenvalue weighted by atomic mass is 10.1. The maximum atomic E-state index is 6.17. The van der Waals surface area contributed by atoms with Crippen LogP contribution in [0, 0.1) is 12.8 Å². The summed E-state index contributed by atoms with van der Waals surface area (Å²) in [5.74, 6) is 2.31. The molecule has 1 saturated carbocycles. The van der Waals surface area contributed by atoms with Crippen LogP contribution in [-0.2, 0) is 11.3 Å². The minimum atomic E-state index is 0. The molecule has 1 saturated heterocycles. The van der Waals surface area contributed by atoms with Crippen LogP contribution >= 0.6 is 24.0 Å². The highest BCUT2D eigenvalue weighted by atomic mass is 127. The molecule has 6 nitrogen and oxygen atoms in total. The highest BCUT2D eigenvalue weighted by Crippen LogP contribution is 2.28. The smallest absolute Gasteiger partial charge is 0.191 e. The van der Waals surface area contributed by atoms with Gasteiger partial charge in [-0.15, -0.1) is 24.0 Å². The van der Waals surface area contributed by atoms with Crippen LogP contribution in [0.3, 0.4) is 0 Å². The van der Waals surface area contributed by atoms with E-state index in [1.807, 2.05) is 0 Å². The Labute approximate surface area is 205 Å². The largest absolute Gasteiger partial charge is 0.493 e. The van der Waals surface area contributed by atoms with Gasteiger partial charge in [-0.2, -0.15) is 0 Å². The van der Waals surface area contributed by atoms with Crippen molar-refractivity contribution in [1.82, 2.24) is 15.5 Å². The molecule has 1 aliphatic carbocycles. The Morgan fingerprint density at radius 2 is 2.06 bits per heavy atom. The second-order valence-corrected chi connectivity index (χ2v) is 8.84. The molecule has 0 bridgehead atoms. The molecule has 0 aromatic heterocycles. The normalized spacial score (nSPS) is 18.9. The molecule has 1 atom stereocenters. The fourth-order valence-electron chi connectivity index (χ4n) is 3.93. The molecule has 3 rings (SSSR count). The van der Waals surface area contributed by atoms with Crippen LogP contribution < -0.4 is 15.4 Å². The van der Waals surface area contributed by atoms with Gasteiger partial charge in [-0.05, 0) is 58.6 Å². The van der Waals surface area contributed by atoms with E-state index in [0.717, 1.165) is 62.6 Å². The number of nitrogens with one attached hydrogen (secondary N) is 2. The first-order valence-electron chi connectivity index (χ1n) is 11.6. The fourth-order valence-corrected chi connectivity index (χ4v) is 3.93. The van der Waals surface area contributed by atoms with Gasteiger partial charge in [0, 0.05) is 49.8 Å². The summed E-state index contributed by atoms with van der Waals surface area (Å²) < 4.78 is 11.6. The molecule has 0 radical (unpaired) electrons. The summed E-state index contributed by atoms with van der Waals surface area (Å²) in [6, 6.07) is 7.76. The first-order chi connectivity index (χ1) is 14.6. The third kappa shape index (κ3) is 8.77. The molecule has 1 aromatic carbocycles. The fraction of sp³-hybridized carbons (Fsp3) is 0.708. The Balaban J connectivity index is 0.00000341. The summed E-state index contributed by atoms with van der Waals surface area (Å²) in [6.45, 7) is 14.6. The van der Waals surface area contributed by atoms with E-state index >= 15 is 0 Å². The van der Waals surface area contributed by atoms with Crippen LogP contribution in [0.15, 0.2) is 23.2 Å². The van der Waals surface area contributed by atoms with Crippen molar-refractivity contribution < 1.29 is 9.47 Å². The number of halogens is 1. The Morgan fingerprint density at radius 1 is 1.26 bits per heavy atom. The third-order valence-corrected chi connectivity index (χ3v) is 5.81. The number of hydrogen-bond acceptors (Lipinski definition) is 4. The molecule has 31 heavy (non-hydrogen) atoms. The molecule has 176 valence electrons. The number of ether oxygens (including phenoxy) is 2. The van der Waals surface area contributed by atoms with E-state index in [4.69, 9.17) is 14.5 Å². The van der Waals surface area contributed by atoms with Gasteiger partial charge in [0.2, 0.25) is 0 Å². The van der Waals surface area contributed by atoms with Gasteiger partial charge in [-0.1, -0.05) is 12.1 Å². The van der Waals surface area contributed by atoms with Crippen LogP contribution in [0.2, 0.25) is 0 Å². The number of benzene rings is 1. The first-order valence-corrected chi connectivity index (χ1v) is 11.6. The molecule has 2 fully saturated rings. The topological polar surface area (TPSA) is 58.1 Å². The van der Waals surface area contributed by atoms with Crippen LogP contribution in [0.1, 0.15) is 51.2 Å². The average molecular weight is 545 g/mol. The zero-order valence-electron chi connectivity index (χ0n) is 19.7. The number of nitrogens with zero attached hydrogens (tertiary/aromatic N) is 2. The van der Waals surface area contributed by atoms with Crippen molar-refractivity contribution in [3.05, 3.63) is 29.3 Å². The number of aryl methyl sites for hydroxylation is 1. The van der Waals surface area contributed by atoms with E-state index in [1.54, 1.807) is 0 Å². The molecular formula is C24H41IN4O2. The standard InChI is InChI=1S/C24H40N4O2.HI/c1-5-25-24(26-11-12-28(18(2)3)22-8-9-22)27-15-21-7-6-19(4)14-23(21)30-17-20-10-13-29-16-20;/h6-7,14,18,20,22H,5,8-13,15-17H2,1-4H3,(H2,25,26,27);1H. The van der Waals surface area contributed by atoms with Gasteiger partial charge in [0.1, 0.15) is 5.75 Å². The minimum absolute atomic E-state index is 0. The lowest BCUT2D eigenvalue weighted by molar-refractivity contribution is 0.166. The van der Waals surface area contributed by atoms with E-state index in [2.05, 4.69) is 61.4 Å². The SMILES string of the molecule is CCNC(=NCc1ccc(C)cc1OCC1CCOC1)NCCN(C(C)C)C1CC1.I. The molecule has 7 heteroatoms. The predicted molar refractivity (Wildman–Crippen MR) is 139 cm³/mol. The van der Waals surface area contributed by atoms with E-state index in [-0.39, 0.29) is 24.0 Å². The van der Waals surface area contributed by atoms with E-state index in [1.165, 1.54) is 18.4 Å². The van der Waals surface area contributed by atoms with Crippen molar-refractivity contribution in [2.24, 2.45) is 10.9 Å². The van der Waals surface area contributed by atoms with Crippen molar-refractivity contribution in [2.45, 2.75) is 65.6 Å². The van der Waals surface area contributed by atoms with Crippen molar-refractivity contribution in [3.63, 3.8) is 0 Å². The third-order valence-electron chi connectivity index (χ3n) is 5.81. The molecular weight excluding hydrogens is 503 g/mol. The number of rotatable bonds is 11. The van der Waals surface area contributed by atoms with Crippen LogP contribution in [0.5, 0.6) is 5.75 Å². The maximum absolute atomic E-state index is 6.17. The van der Waals surface area contributed by atoms with Gasteiger partial charge >= 0.3 is 0 Å². The van der Waals surface area contributed by atoms with Gasteiger partial charge in [-0.3, -0.25) is 4.90 Å². The minimum Gasteiger partial charge on any atom is -0.493 e. The molecule has 1 heterocycles. The summed E-state index contributed by atoms with van der Waals surface area (Å²) in [4.78, 5) is 7.42. The summed E-state index contributed by atoms with van der Waals surface area (Å²) in [5, 5.41) is 6.88. The summed E-state index contributed by atoms with van der Waals surface area (Å²) >= 11 is 0. The molecule has 1 aliphatic heterocycles. The molecule has 2 aliphatic rings.